The van der Waals surface area contributed by atoms with Crippen LogP contribution in [0.1, 0.15) is 40.0 Å². The summed E-state index contributed by atoms with van der Waals surface area (Å²) in [6.45, 7) is 7.64. The van der Waals surface area contributed by atoms with Crippen LogP contribution in [0.5, 0.6) is 5.75 Å². The van der Waals surface area contributed by atoms with Crippen LogP contribution >= 0.6 is 0 Å². The van der Waals surface area contributed by atoms with Gasteiger partial charge >= 0.3 is 10.2 Å². The van der Waals surface area contributed by atoms with Crippen LogP contribution in [0.3, 0.4) is 0 Å². The van der Waals surface area contributed by atoms with Gasteiger partial charge in [0.15, 0.2) is 0 Å². The first-order valence-electron chi connectivity index (χ1n) is 9.99. The number of hydrogen-bond donors (Lipinski definition) is 1. The Labute approximate surface area is 169 Å². The van der Waals surface area contributed by atoms with E-state index >= 15 is 0 Å². The van der Waals surface area contributed by atoms with Crippen LogP contribution in [0.15, 0.2) is 24.3 Å². The summed E-state index contributed by atoms with van der Waals surface area (Å²) in [7, 11) is -2.13. The van der Waals surface area contributed by atoms with Gasteiger partial charge < -0.3 is 10.1 Å². The molecule has 0 bridgehead atoms. The van der Waals surface area contributed by atoms with Gasteiger partial charge in [-0.3, -0.25) is 9.10 Å². The van der Waals surface area contributed by atoms with Gasteiger partial charge in [0.05, 0.1) is 18.7 Å². The van der Waals surface area contributed by atoms with Gasteiger partial charge in [0.2, 0.25) is 5.91 Å². The van der Waals surface area contributed by atoms with Gasteiger partial charge in [0.1, 0.15) is 5.75 Å². The minimum Gasteiger partial charge on any atom is -0.497 e. The molecule has 1 N–H and O–H groups in total. The zero-order valence-electron chi connectivity index (χ0n) is 17.3. The quantitative estimate of drug-likeness (QED) is 0.678. The molecule has 2 rings (SSSR count). The number of methoxy groups -OCH3 is 1. The molecule has 8 heteroatoms. The molecule has 1 aromatic carbocycles. The number of piperidine rings is 1. The molecule has 1 aliphatic rings. The van der Waals surface area contributed by atoms with Crippen LogP contribution in [0, 0.1) is 11.8 Å². The first-order valence-corrected chi connectivity index (χ1v) is 11.4. The van der Waals surface area contributed by atoms with Crippen LogP contribution in [0.4, 0.5) is 5.69 Å². The van der Waals surface area contributed by atoms with Crippen molar-refractivity contribution in [3.8, 4) is 5.75 Å². The van der Waals surface area contributed by atoms with E-state index in [9.17, 15) is 13.2 Å². The maximum absolute atomic E-state index is 13.2. The maximum Gasteiger partial charge on any atom is 0.304 e. The standard InChI is InChI=1S/C20H33N3O4S/c1-5-23(18-8-10-19(27-4)11-9-18)28(25,26)22-14-6-7-17(15-22)20(24)21-13-12-16(2)3/h8-11,16-17H,5-7,12-15H2,1-4H3,(H,21,24). The van der Waals surface area contributed by atoms with E-state index in [-0.39, 0.29) is 18.4 Å². The summed E-state index contributed by atoms with van der Waals surface area (Å²) in [6.07, 6.45) is 2.32. The Morgan fingerprint density at radius 1 is 1.32 bits per heavy atom. The van der Waals surface area contributed by atoms with Gasteiger partial charge in [-0.25, -0.2) is 0 Å². The van der Waals surface area contributed by atoms with E-state index in [0.29, 0.717) is 49.8 Å². The molecule has 1 aromatic rings. The molecule has 1 aliphatic heterocycles. The van der Waals surface area contributed by atoms with Crippen molar-refractivity contribution in [1.29, 1.82) is 0 Å². The predicted molar refractivity (Wildman–Crippen MR) is 112 cm³/mol. The number of anilines is 1. The molecule has 0 aromatic heterocycles. The van der Waals surface area contributed by atoms with E-state index in [4.69, 9.17) is 4.74 Å². The average Bonchev–Trinajstić information content (AvgIpc) is 2.68. The highest BCUT2D eigenvalue weighted by Gasteiger charge is 2.35. The highest BCUT2D eigenvalue weighted by molar-refractivity contribution is 7.90. The maximum atomic E-state index is 13.2. The number of hydrogen-bond acceptors (Lipinski definition) is 4. The lowest BCUT2D eigenvalue weighted by molar-refractivity contribution is -0.126. The molecular weight excluding hydrogens is 378 g/mol. The molecular formula is C20H33N3O4S. The molecule has 7 nitrogen and oxygen atoms in total. The Balaban J connectivity index is 2.08. The van der Waals surface area contributed by atoms with Crippen molar-refractivity contribution in [3.05, 3.63) is 24.3 Å². The summed E-state index contributed by atoms with van der Waals surface area (Å²) in [5.74, 6) is 0.845. The van der Waals surface area contributed by atoms with Crippen molar-refractivity contribution in [2.24, 2.45) is 11.8 Å². The van der Waals surface area contributed by atoms with E-state index in [1.54, 1.807) is 31.4 Å². The van der Waals surface area contributed by atoms with Gasteiger partial charge in [-0.05, 0) is 56.4 Å². The van der Waals surface area contributed by atoms with E-state index in [0.717, 1.165) is 6.42 Å². The van der Waals surface area contributed by atoms with Gasteiger partial charge in [0, 0.05) is 26.2 Å². The Morgan fingerprint density at radius 3 is 2.57 bits per heavy atom. The third kappa shape index (κ3) is 5.61. The number of carbonyl (C=O) groups excluding carboxylic acids is 1. The highest BCUT2D eigenvalue weighted by atomic mass is 32.2. The number of rotatable bonds is 9. The number of carbonyl (C=O) groups is 1. The predicted octanol–water partition coefficient (Wildman–Crippen LogP) is 2.64. The van der Waals surface area contributed by atoms with Crippen LogP contribution in [0.25, 0.3) is 0 Å². The van der Waals surface area contributed by atoms with Crippen molar-refractivity contribution >= 4 is 21.8 Å². The van der Waals surface area contributed by atoms with Gasteiger partial charge in [-0.1, -0.05) is 13.8 Å². The SMILES string of the molecule is CCN(c1ccc(OC)cc1)S(=O)(=O)N1CCCC(C(=O)NCCC(C)C)C1. The lowest BCUT2D eigenvalue weighted by Crippen LogP contribution is -2.50. The van der Waals surface area contributed by atoms with Crippen molar-refractivity contribution < 1.29 is 17.9 Å². The zero-order chi connectivity index (χ0) is 20.7. The highest BCUT2D eigenvalue weighted by Crippen LogP contribution is 2.26. The summed E-state index contributed by atoms with van der Waals surface area (Å²) < 4.78 is 34.4. The van der Waals surface area contributed by atoms with Crippen molar-refractivity contribution in [1.82, 2.24) is 9.62 Å². The Bertz CT molecular complexity index is 734. The molecule has 28 heavy (non-hydrogen) atoms. The van der Waals surface area contributed by atoms with E-state index in [1.165, 1.54) is 8.61 Å². The van der Waals surface area contributed by atoms with E-state index in [2.05, 4.69) is 19.2 Å². The minimum absolute atomic E-state index is 0.0481. The molecule has 1 saturated heterocycles. The van der Waals surface area contributed by atoms with Gasteiger partial charge in [-0.15, -0.1) is 0 Å². The molecule has 0 spiro atoms. The smallest absolute Gasteiger partial charge is 0.304 e. The molecule has 1 atom stereocenters. The molecule has 0 saturated carbocycles. The summed E-state index contributed by atoms with van der Waals surface area (Å²) >= 11 is 0. The summed E-state index contributed by atoms with van der Waals surface area (Å²) in [5, 5.41) is 2.96. The lowest BCUT2D eigenvalue weighted by atomic mass is 9.98. The number of amides is 1. The first-order chi connectivity index (χ1) is 13.3. The lowest BCUT2D eigenvalue weighted by Gasteiger charge is -2.35. The van der Waals surface area contributed by atoms with Crippen LogP contribution in [-0.4, -0.2) is 51.9 Å². The Hall–Kier alpha value is -1.80. The molecule has 158 valence electrons. The zero-order valence-corrected chi connectivity index (χ0v) is 18.2. The number of benzene rings is 1. The monoisotopic (exact) mass is 411 g/mol. The fourth-order valence-corrected chi connectivity index (χ4v) is 5.08. The number of ether oxygens (including phenoxy) is 1. The van der Waals surface area contributed by atoms with Crippen LogP contribution < -0.4 is 14.4 Å². The number of nitrogens with zero attached hydrogens (tertiary/aromatic N) is 2. The third-order valence-electron chi connectivity index (χ3n) is 5.03. The normalized spacial score (nSPS) is 18.1. The van der Waals surface area contributed by atoms with Gasteiger partial charge in [0.25, 0.3) is 0 Å². The summed E-state index contributed by atoms with van der Waals surface area (Å²) in [5.41, 5.74) is 0.590. The second-order valence-corrected chi connectivity index (χ2v) is 9.39. The average molecular weight is 412 g/mol. The largest absolute Gasteiger partial charge is 0.497 e. The topological polar surface area (TPSA) is 79.0 Å². The molecule has 1 fully saturated rings. The fraction of sp³-hybridized carbons (Fsp3) is 0.650. The molecule has 1 heterocycles. The van der Waals surface area contributed by atoms with E-state index < -0.39 is 10.2 Å². The molecule has 1 amide bonds. The second-order valence-electron chi connectivity index (χ2n) is 7.54. The van der Waals surface area contributed by atoms with Crippen molar-refractivity contribution in [2.75, 3.05) is 37.6 Å². The summed E-state index contributed by atoms with van der Waals surface area (Å²) in [6, 6.07) is 6.96. The molecule has 0 aliphatic carbocycles. The third-order valence-corrected chi connectivity index (χ3v) is 7.04. The summed E-state index contributed by atoms with van der Waals surface area (Å²) in [4.78, 5) is 12.5. The molecule has 1 unspecified atom stereocenters. The minimum atomic E-state index is -3.70. The van der Waals surface area contributed by atoms with Crippen molar-refractivity contribution in [2.45, 2.75) is 40.0 Å². The van der Waals surface area contributed by atoms with Crippen LogP contribution in [0.2, 0.25) is 0 Å². The Kier molecular flexibility index (Phi) is 8.12. The van der Waals surface area contributed by atoms with Crippen molar-refractivity contribution in [3.63, 3.8) is 0 Å². The Morgan fingerprint density at radius 2 is 2.00 bits per heavy atom. The van der Waals surface area contributed by atoms with Gasteiger partial charge in [-0.2, -0.15) is 12.7 Å². The molecule has 0 radical (unpaired) electrons. The first kappa shape index (κ1) is 22.5. The van der Waals surface area contributed by atoms with Crippen LogP contribution in [-0.2, 0) is 15.0 Å². The second kappa shape index (κ2) is 10.1. The number of nitrogens with one attached hydrogen (secondary N) is 1. The van der Waals surface area contributed by atoms with E-state index in [1.807, 2.05) is 6.92 Å². The fourth-order valence-electron chi connectivity index (χ4n) is 3.36.